The van der Waals surface area contributed by atoms with Crippen LogP contribution >= 0.6 is 11.3 Å². The number of fused-ring (bicyclic) bond motifs is 1. The van der Waals surface area contributed by atoms with Gasteiger partial charge >= 0.3 is 0 Å². The van der Waals surface area contributed by atoms with E-state index in [1.54, 1.807) is 0 Å². The number of rotatable bonds is 10. The second kappa shape index (κ2) is 10.4. The van der Waals surface area contributed by atoms with E-state index in [4.69, 9.17) is 9.47 Å². The number of benzene rings is 2. The lowest BCUT2D eigenvalue weighted by Gasteiger charge is -2.13. The standard InChI is InChI=1S/C24H30N2O3S/c1-5-7-12-29-19-10-8-18(15-20(19)28-6-2)9-11-22(27)25-24-26-23-17(4)13-16(3)14-21(23)30-24/h8,10,13-15H,5-7,9,11-12H2,1-4H3,(H,25,26,27). The van der Waals surface area contributed by atoms with E-state index in [9.17, 15) is 4.79 Å². The molecular formula is C24H30N2O3S. The first-order valence-electron chi connectivity index (χ1n) is 10.6. The maximum atomic E-state index is 12.5. The van der Waals surface area contributed by atoms with E-state index < -0.39 is 0 Å². The first-order valence-corrected chi connectivity index (χ1v) is 11.4. The zero-order valence-electron chi connectivity index (χ0n) is 18.2. The molecule has 2 aromatic carbocycles. The van der Waals surface area contributed by atoms with Gasteiger partial charge < -0.3 is 14.8 Å². The fourth-order valence-electron chi connectivity index (χ4n) is 3.29. The average molecular weight is 427 g/mol. The van der Waals surface area contributed by atoms with Gasteiger partial charge in [0.05, 0.1) is 23.4 Å². The molecule has 0 aliphatic carbocycles. The minimum Gasteiger partial charge on any atom is -0.490 e. The van der Waals surface area contributed by atoms with Crippen LogP contribution in [0, 0.1) is 13.8 Å². The highest BCUT2D eigenvalue weighted by Crippen LogP contribution is 2.31. The van der Waals surface area contributed by atoms with E-state index >= 15 is 0 Å². The Labute approximate surface area is 182 Å². The highest BCUT2D eigenvalue weighted by atomic mass is 32.1. The molecule has 0 spiro atoms. The van der Waals surface area contributed by atoms with Gasteiger partial charge in [0.2, 0.25) is 5.91 Å². The first-order chi connectivity index (χ1) is 14.5. The van der Waals surface area contributed by atoms with Gasteiger partial charge in [0.25, 0.3) is 0 Å². The number of nitrogens with zero attached hydrogens (tertiary/aromatic N) is 1. The molecule has 30 heavy (non-hydrogen) atoms. The average Bonchev–Trinajstić information content (AvgIpc) is 3.10. The number of anilines is 1. The minimum absolute atomic E-state index is 0.0373. The zero-order chi connectivity index (χ0) is 21.5. The third kappa shape index (κ3) is 5.72. The fourth-order valence-corrected chi connectivity index (χ4v) is 4.34. The zero-order valence-corrected chi connectivity index (χ0v) is 19.0. The second-order valence-corrected chi connectivity index (χ2v) is 8.44. The number of ether oxygens (including phenoxy) is 2. The van der Waals surface area contributed by atoms with Gasteiger partial charge in [0, 0.05) is 6.42 Å². The molecule has 1 amide bonds. The highest BCUT2D eigenvalue weighted by Gasteiger charge is 2.12. The van der Waals surface area contributed by atoms with Crippen LogP contribution in [-0.2, 0) is 11.2 Å². The molecule has 0 saturated carbocycles. The van der Waals surface area contributed by atoms with E-state index in [-0.39, 0.29) is 5.91 Å². The number of amides is 1. The molecule has 1 aromatic heterocycles. The van der Waals surface area contributed by atoms with Crippen LogP contribution in [0.15, 0.2) is 30.3 Å². The van der Waals surface area contributed by atoms with Crippen molar-refractivity contribution >= 4 is 32.6 Å². The lowest BCUT2D eigenvalue weighted by Crippen LogP contribution is -2.12. The lowest BCUT2D eigenvalue weighted by molar-refractivity contribution is -0.116. The summed E-state index contributed by atoms with van der Waals surface area (Å²) in [6.07, 6.45) is 3.11. The van der Waals surface area contributed by atoms with Crippen LogP contribution in [0.2, 0.25) is 0 Å². The molecule has 6 heteroatoms. The highest BCUT2D eigenvalue weighted by molar-refractivity contribution is 7.22. The van der Waals surface area contributed by atoms with Crippen molar-refractivity contribution in [2.45, 2.75) is 53.4 Å². The summed E-state index contributed by atoms with van der Waals surface area (Å²) in [5.74, 6) is 1.46. The van der Waals surface area contributed by atoms with Crippen molar-refractivity contribution in [3.63, 3.8) is 0 Å². The second-order valence-electron chi connectivity index (χ2n) is 7.41. The SMILES string of the molecule is CCCCOc1ccc(CCC(=O)Nc2nc3c(C)cc(C)cc3s2)cc1OCC. The van der Waals surface area contributed by atoms with Crippen LogP contribution < -0.4 is 14.8 Å². The molecule has 5 nitrogen and oxygen atoms in total. The molecule has 1 N–H and O–H groups in total. The number of aromatic nitrogens is 1. The maximum absolute atomic E-state index is 12.5. The molecule has 0 aliphatic rings. The van der Waals surface area contributed by atoms with Gasteiger partial charge in [-0.15, -0.1) is 0 Å². The maximum Gasteiger partial charge on any atom is 0.226 e. The van der Waals surface area contributed by atoms with Crippen LogP contribution in [0.3, 0.4) is 0 Å². The summed E-state index contributed by atoms with van der Waals surface area (Å²) in [6, 6.07) is 10.1. The van der Waals surface area contributed by atoms with Gasteiger partial charge in [-0.2, -0.15) is 0 Å². The Morgan fingerprint density at radius 3 is 2.70 bits per heavy atom. The van der Waals surface area contributed by atoms with Gasteiger partial charge in [-0.25, -0.2) is 4.98 Å². The van der Waals surface area contributed by atoms with Gasteiger partial charge in [0.15, 0.2) is 16.6 Å². The molecule has 0 atom stereocenters. The topological polar surface area (TPSA) is 60.5 Å². The van der Waals surface area contributed by atoms with E-state index in [1.165, 1.54) is 16.9 Å². The van der Waals surface area contributed by atoms with E-state index in [0.29, 0.717) is 31.2 Å². The molecule has 0 unspecified atom stereocenters. The number of carbonyl (C=O) groups is 1. The van der Waals surface area contributed by atoms with Gasteiger partial charge in [-0.3, -0.25) is 4.79 Å². The Hall–Kier alpha value is -2.60. The number of hydrogen-bond acceptors (Lipinski definition) is 5. The van der Waals surface area contributed by atoms with Crippen molar-refractivity contribution in [2.75, 3.05) is 18.5 Å². The van der Waals surface area contributed by atoms with Crippen molar-refractivity contribution in [3.05, 3.63) is 47.0 Å². The normalized spacial score (nSPS) is 10.9. The van der Waals surface area contributed by atoms with E-state index in [2.05, 4.69) is 36.3 Å². The minimum atomic E-state index is -0.0373. The summed E-state index contributed by atoms with van der Waals surface area (Å²) in [5, 5.41) is 3.60. The summed E-state index contributed by atoms with van der Waals surface area (Å²) in [5.41, 5.74) is 4.34. The van der Waals surface area contributed by atoms with Crippen LogP contribution in [0.4, 0.5) is 5.13 Å². The molecule has 3 aromatic rings. The number of carbonyl (C=O) groups excluding carboxylic acids is 1. The number of hydrogen-bond donors (Lipinski definition) is 1. The quantitative estimate of drug-likeness (QED) is 0.400. The number of nitrogens with one attached hydrogen (secondary N) is 1. The van der Waals surface area contributed by atoms with Crippen molar-refractivity contribution in [2.24, 2.45) is 0 Å². The fraction of sp³-hybridized carbons (Fsp3) is 0.417. The van der Waals surface area contributed by atoms with Crippen LogP contribution in [0.25, 0.3) is 10.2 Å². The van der Waals surface area contributed by atoms with Crippen LogP contribution in [0.1, 0.15) is 49.8 Å². The van der Waals surface area contributed by atoms with Crippen molar-refractivity contribution in [3.8, 4) is 11.5 Å². The van der Waals surface area contributed by atoms with Crippen LogP contribution in [-0.4, -0.2) is 24.1 Å². The molecule has 0 radical (unpaired) electrons. The van der Waals surface area contributed by atoms with Crippen molar-refractivity contribution < 1.29 is 14.3 Å². The van der Waals surface area contributed by atoms with Gasteiger partial charge in [0.1, 0.15) is 0 Å². The smallest absolute Gasteiger partial charge is 0.226 e. The summed E-state index contributed by atoms with van der Waals surface area (Å²) in [6.45, 7) is 9.46. The third-order valence-corrected chi connectivity index (χ3v) is 5.70. The number of unbranched alkanes of at least 4 members (excludes halogenated alkanes) is 1. The van der Waals surface area contributed by atoms with Gasteiger partial charge in [-0.1, -0.05) is 36.8 Å². The summed E-state index contributed by atoms with van der Waals surface area (Å²) >= 11 is 1.52. The Kier molecular flexibility index (Phi) is 7.69. The summed E-state index contributed by atoms with van der Waals surface area (Å²) in [7, 11) is 0. The number of thiazole rings is 1. The molecule has 0 fully saturated rings. The predicted octanol–water partition coefficient (Wildman–Crippen LogP) is 6.06. The molecule has 0 aliphatic heterocycles. The van der Waals surface area contributed by atoms with E-state index in [0.717, 1.165) is 45.7 Å². The van der Waals surface area contributed by atoms with Crippen molar-refractivity contribution in [1.82, 2.24) is 4.98 Å². The Morgan fingerprint density at radius 2 is 1.93 bits per heavy atom. The Balaban J connectivity index is 1.61. The summed E-state index contributed by atoms with van der Waals surface area (Å²) < 4.78 is 12.7. The Morgan fingerprint density at radius 1 is 1.10 bits per heavy atom. The van der Waals surface area contributed by atoms with Gasteiger partial charge in [-0.05, 0) is 68.5 Å². The first kappa shape index (κ1) is 22.1. The number of aryl methyl sites for hydroxylation is 3. The molecule has 3 rings (SSSR count). The predicted molar refractivity (Wildman–Crippen MR) is 124 cm³/mol. The molecule has 0 bridgehead atoms. The monoisotopic (exact) mass is 426 g/mol. The van der Waals surface area contributed by atoms with Crippen LogP contribution in [0.5, 0.6) is 11.5 Å². The van der Waals surface area contributed by atoms with Crippen molar-refractivity contribution in [1.29, 1.82) is 0 Å². The molecule has 160 valence electrons. The Bertz CT molecular complexity index is 1010. The lowest BCUT2D eigenvalue weighted by atomic mass is 10.1. The molecule has 0 saturated heterocycles. The molecular weight excluding hydrogens is 396 g/mol. The van der Waals surface area contributed by atoms with E-state index in [1.807, 2.05) is 32.0 Å². The summed E-state index contributed by atoms with van der Waals surface area (Å²) in [4.78, 5) is 17.1. The third-order valence-electron chi connectivity index (χ3n) is 4.78. The molecule has 1 heterocycles. The largest absolute Gasteiger partial charge is 0.490 e.